The molecule has 2 aromatic heterocycles. The number of pyridine rings is 1. The van der Waals surface area contributed by atoms with Crippen molar-refractivity contribution in [1.29, 1.82) is 0 Å². The van der Waals surface area contributed by atoms with Gasteiger partial charge in [0.05, 0.1) is 13.3 Å². The first-order valence-corrected chi connectivity index (χ1v) is 4.75. The molecule has 4 N–H and O–H groups in total. The molecule has 0 aliphatic rings. The minimum Gasteiger partial charge on any atom is -0.481 e. The van der Waals surface area contributed by atoms with Crippen LogP contribution in [0, 0.1) is 0 Å². The Morgan fingerprint density at radius 3 is 2.76 bits per heavy atom. The molecule has 2 aromatic rings. The third kappa shape index (κ3) is 2.51. The van der Waals surface area contributed by atoms with Crippen LogP contribution in [-0.2, 0) is 0 Å². The molecule has 0 saturated heterocycles. The maximum absolute atomic E-state index is 5.64. The summed E-state index contributed by atoms with van der Waals surface area (Å²) < 4.78 is 10.4. The predicted octanol–water partition coefficient (Wildman–Crippen LogP) is 0.837. The highest BCUT2D eigenvalue weighted by Crippen LogP contribution is 2.26. The van der Waals surface area contributed by atoms with Crippen LogP contribution >= 0.6 is 0 Å². The van der Waals surface area contributed by atoms with Gasteiger partial charge in [0.2, 0.25) is 11.8 Å². The molecule has 7 heteroatoms. The molecule has 0 fully saturated rings. The highest BCUT2D eigenvalue weighted by atomic mass is 16.5. The summed E-state index contributed by atoms with van der Waals surface area (Å²) in [4.78, 5) is 11.5. The van der Waals surface area contributed by atoms with Gasteiger partial charge in [-0.2, -0.15) is 4.98 Å². The molecule has 0 bridgehead atoms. The van der Waals surface area contributed by atoms with Crippen molar-refractivity contribution < 1.29 is 9.47 Å². The fourth-order valence-corrected chi connectivity index (χ4v) is 1.17. The van der Waals surface area contributed by atoms with E-state index in [9.17, 15) is 0 Å². The molecule has 0 aliphatic heterocycles. The summed E-state index contributed by atoms with van der Waals surface area (Å²) in [5.74, 6) is 1.57. The van der Waals surface area contributed by atoms with Crippen molar-refractivity contribution in [3.63, 3.8) is 0 Å². The number of hydrogen-bond acceptors (Lipinski definition) is 7. The Balaban J connectivity index is 2.25. The molecular formula is C10H11N5O2. The zero-order valence-corrected chi connectivity index (χ0v) is 9.12. The molecule has 0 radical (unpaired) electrons. The van der Waals surface area contributed by atoms with E-state index < -0.39 is 0 Å². The highest BCUT2D eigenvalue weighted by molar-refractivity contribution is 5.49. The number of rotatable bonds is 3. The molecule has 0 saturated carbocycles. The average Bonchev–Trinajstić information content (AvgIpc) is 2.33. The number of ether oxygens (including phenoxy) is 2. The third-order valence-electron chi connectivity index (χ3n) is 1.94. The number of nitrogens with zero attached hydrogens (tertiary/aromatic N) is 3. The monoisotopic (exact) mass is 233 g/mol. The topological polar surface area (TPSA) is 109 Å². The second-order valence-electron chi connectivity index (χ2n) is 3.11. The van der Waals surface area contributed by atoms with Crippen LogP contribution in [0.3, 0.4) is 0 Å². The van der Waals surface area contributed by atoms with Crippen molar-refractivity contribution in [2.45, 2.75) is 0 Å². The minimum atomic E-state index is 0.0992. The summed E-state index contributed by atoms with van der Waals surface area (Å²) in [6.07, 6.45) is 2.97. The van der Waals surface area contributed by atoms with Gasteiger partial charge in [0.25, 0.3) is 0 Å². The first-order valence-electron chi connectivity index (χ1n) is 4.75. The molecule has 0 atom stereocenters. The maximum Gasteiger partial charge on any atom is 0.222 e. The summed E-state index contributed by atoms with van der Waals surface area (Å²) in [6.45, 7) is 0. The lowest BCUT2D eigenvalue weighted by atomic mass is 10.4. The fraction of sp³-hybridized carbons (Fsp3) is 0.100. The quantitative estimate of drug-likeness (QED) is 0.808. The van der Waals surface area contributed by atoms with Gasteiger partial charge in [-0.3, -0.25) is 0 Å². The second kappa shape index (κ2) is 4.52. The molecule has 17 heavy (non-hydrogen) atoms. The van der Waals surface area contributed by atoms with E-state index in [0.29, 0.717) is 17.4 Å². The largest absolute Gasteiger partial charge is 0.481 e. The van der Waals surface area contributed by atoms with Crippen LogP contribution in [-0.4, -0.2) is 22.1 Å². The van der Waals surface area contributed by atoms with Crippen LogP contribution in [0.4, 0.5) is 11.8 Å². The summed E-state index contributed by atoms with van der Waals surface area (Å²) in [5, 5.41) is 0. The highest BCUT2D eigenvalue weighted by Gasteiger charge is 2.06. The summed E-state index contributed by atoms with van der Waals surface area (Å²) in [6, 6.07) is 3.29. The molecule has 0 aliphatic carbocycles. The van der Waals surface area contributed by atoms with Crippen molar-refractivity contribution >= 4 is 11.8 Å². The van der Waals surface area contributed by atoms with E-state index in [-0.39, 0.29) is 11.8 Å². The molecule has 0 unspecified atom stereocenters. The Bertz CT molecular complexity index is 532. The van der Waals surface area contributed by atoms with Gasteiger partial charge in [-0.15, -0.1) is 0 Å². The van der Waals surface area contributed by atoms with Crippen molar-refractivity contribution in [3.8, 4) is 17.4 Å². The van der Waals surface area contributed by atoms with Crippen molar-refractivity contribution in [1.82, 2.24) is 15.0 Å². The Labute approximate surface area is 97.4 Å². The van der Waals surface area contributed by atoms with E-state index in [2.05, 4.69) is 15.0 Å². The van der Waals surface area contributed by atoms with Gasteiger partial charge in [0.15, 0.2) is 11.6 Å². The number of nitrogen functional groups attached to an aromatic ring is 2. The first-order chi connectivity index (χ1) is 8.19. The van der Waals surface area contributed by atoms with Gasteiger partial charge >= 0.3 is 0 Å². The third-order valence-corrected chi connectivity index (χ3v) is 1.94. The predicted molar refractivity (Wildman–Crippen MR) is 61.7 cm³/mol. The number of aromatic nitrogens is 3. The zero-order valence-electron chi connectivity index (χ0n) is 9.12. The molecule has 0 aromatic carbocycles. The minimum absolute atomic E-state index is 0.0992. The average molecular weight is 233 g/mol. The van der Waals surface area contributed by atoms with E-state index in [1.165, 1.54) is 13.3 Å². The zero-order chi connectivity index (χ0) is 12.3. The van der Waals surface area contributed by atoms with Crippen LogP contribution in [0.5, 0.6) is 17.4 Å². The second-order valence-corrected chi connectivity index (χ2v) is 3.11. The van der Waals surface area contributed by atoms with Gasteiger partial charge < -0.3 is 20.9 Å². The van der Waals surface area contributed by atoms with Crippen LogP contribution in [0.25, 0.3) is 0 Å². The standard InChI is InChI=1S/C10H11N5O2/c1-16-8-4-6(2-3-13-8)17-7-5-14-10(12)15-9(7)11/h2-5H,1H3,(H4,11,12,14,15). The smallest absolute Gasteiger partial charge is 0.222 e. The normalized spacial score (nSPS) is 9.94. The number of hydrogen-bond donors (Lipinski definition) is 2. The van der Waals surface area contributed by atoms with Gasteiger partial charge in [-0.1, -0.05) is 0 Å². The lowest BCUT2D eigenvalue weighted by Crippen LogP contribution is -2.01. The Kier molecular flexibility index (Phi) is 2.91. The summed E-state index contributed by atoms with van der Waals surface area (Å²) >= 11 is 0. The van der Waals surface area contributed by atoms with Crippen molar-refractivity contribution in [2.24, 2.45) is 0 Å². The number of nitrogens with two attached hydrogens (primary N) is 2. The maximum atomic E-state index is 5.64. The van der Waals surface area contributed by atoms with Gasteiger partial charge in [-0.25, -0.2) is 9.97 Å². The van der Waals surface area contributed by atoms with E-state index in [4.69, 9.17) is 20.9 Å². The van der Waals surface area contributed by atoms with Gasteiger partial charge in [0, 0.05) is 12.3 Å². The SMILES string of the molecule is COc1cc(Oc2cnc(N)nc2N)ccn1. The van der Waals surface area contributed by atoms with Crippen LogP contribution in [0.15, 0.2) is 24.5 Å². The lowest BCUT2D eigenvalue weighted by Gasteiger charge is -2.07. The van der Waals surface area contributed by atoms with E-state index in [1.54, 1.807) is 18.3 Å². The summed E-state index contributed by atoms with van der Waals surface area (Å²) in [7, 11) is 1.52. The van der Waals surface area contributed by atoms with Gasteiger partial charge in [-0.05, 0) is 6.07 Å². The Morgan fingerprint density at radius 2 is 2.06 bits per heavy atom. The Morgan fingerprint density at radius 1 is 1.24 bits per heavy atom. The van der Waals surface area contributed by atoms with Gasteiger partial charge in [0.1, 0.15) is 5.75 Å². The number of methoxy groups -OCH3 is 1. The molecule has 0 spiro atoms. The first kappa shape index (κ1) is 10.9. The molecule has 88 valence electrons. The van der Waals surface area contributed by atoms with Crippen LogP contribution < -0.4 is 20.9 Å². The molecule has 0 amide bonds. The van der Waals surface area contributed by atoms with Crippen LogP contribution in [0.2, 0.25) is 0 Å². The van der Waals surface area contributed by atoms with E-state index >= 15 is 0 Å². The van der Waals surface area contributed by atoms with Crippen LogP contribution in [0.1, 0.15) is 0 Å². The summed E-state index contributed by atoms with van der Waals surface area (Å²) in [5.41, 5.74) is 11.0. The molecule has 2 rings (SSSR count). The Hall–Kier alpha value is -2.57. The molecule has 2 heterocycles. The molecule has 7 nitrogen and oxygen atoms in total. The van der Waals surface area contributed by atoms with E-state index in [1.807, 2.05) is 0 Å². The fourth-order valence-electron chi connectivity index (χ4n) is 1.17. The number of anilines is 2. The lowest BCUT2D eigenvalue weighted by molar-refractivity contribution is 0.392. The van der Waals surface area contributed by atoms with Crippen molar-refractivity contribution in [2.75, 3.05) is 18.6 Å². The van der Waals surface area contributed by atoms with E-state index in [0.717, 1.165) is 0 Å². The van der Waals surface area contributed by atoms with Crippen molar-refractivity contribution in [3.05, 3.63) is 24.5 Å². The molecular weight excluding hydrogens is 222 g/mol.